The van der Waals surface area contributed by atoms with Gasteiger partial charge < -0.3 is 14.6 Å². The molecule has 0 spiro atoms. The van der Waals surface area contributed by atoms with Crippen molar-refractivity contribution in [2.45, 2.75) is 277 Å². The van der Waals surface area contributed by atoms with Crippen molar-refractivity contribution >= 4 is 11.9 Å². The summed E-state index contributed by atoms with van der Waals surface area (Å²) in [6.45, 7) is 3.97. The van der Waals surface area contributed by atoms with Gasteiger partial charge in [-0.05, 0) is 83.5 Å². The maximum atomic E-state index is 12.2. The highest BCUT2D eigenvalue weighted by molar-refractivity contribution is 5.70. The molecule has 0 aromatic carbocycles. The molecule has 1 atom stereocenters. The van der Waals surface area contributed by atoms with E-state index < -0.39 is 12.1 Å². The zero-order valence-corrected chi connectivity index (χ0v) is 44.6. The minimum Gasteiger partial charge on any atom is -0.462 e. The van der Waals surface area contributed by atoms with Crippen LogP contribution in [0.4, 0.5) is 0 Å². The van der Waals surface area contributed by atoms with E-state index in [4.69, 9.17) is 9.47 Å². The van der Waals surface area contributed by atoms with Gasteiger partial charge in [-0.1, -0.05) is 272 Å². The first-order chi connectivity index (χ1) is 33.6. The molecular weight excluding hydrogens is 837 g/mol. The van der Waals surface area contributed by atoms with Crippen molar-refractivity contribution < 1.29 is 24.2 Å². The molecule has 0 aliphatic carbocycles. The summed E-state index contributed by atoms with van der Waals surface area (Å²) in [6.07, 6.45) is 82.7. The number of rotatable bonds is 52. The summed E-state index contributed by atoms with van der Waals surface area (Å²) in [5.74, 6) is -0.685. The Bertz CT molecular complexity index is 1300. The first kappa shape index (κ1) is 64.8. The average Bonchev–Trinajstić information content (AvgIpc) is 3.34. The van der Waals surface area contributed by atoms with Gasteiger partial charge in [-0.3, -0.25) is 9.59 Å². The van der Waals surface area contributed by atoms with E-state index >= 15 is 0 Å². The Kier molecular flexibility index (Phi) is 55.4. The quantitative estimate of drug-likeness (QED) is 0.0374. The fourth-order valence-corrected chi connectivity index (χ4v) is 8.08. The zero-order chi connectivity index (χ0) is 49.2. The summed E-state index contributed by atoms with van der Waals surface area (Å²) < 4.78 is 10.6. The van der Waals surface area contributed by atoms with Crippen LogP contribution in [0.3, 0.4) is 0 Å². The SMILES string of the molecule is CC/C=C\C/C=C\C/C=C\C/C=C\C/C=C\C/C=C\CCC(=O)OC(CO)COC(=O)CCCCCCCCCCCCCCCCCCCCCCCCC/C=C\C/C=C\CCCCCCC. The maximum absolute atomic E-state index is 12.2. The number of aliphatic hydroxyl groups is 1. The second kappa shape index (κ2) is 58.1. The van der Waals surface area contributed by atoms with Crippen molar-refractivity contribution in [2.24, 2.45) is 0 Å². The number of aliphatic hydroxyl groups excluding tert-OH is 1. The van der Waals surface area contributed by atoms with Crippen LogP contribution in [0.25, 0.3) is 0 Å². The normalized spacial score (nSPS) is 12.9. The van der Waals surface area contributed by atoms with Crippen LogP contribution < -0.4 is 0 Å². The summed E-state index contributed by atoms with van der Waals surface area (Å²) in [5.41, 5.74) is 0. The number of unbranched alkanes of at least 4 members (excludes halogenated alkanes) is 28. The van der Waals surface area contributed by atoms with E-state index in [1.807, 2.05) is 12.2 Å². The van der Waals surface area contributed by atoms with Crippen molar-refractivity contribution in [3.8, 4) is 0 Å². The van der Waals surface area contributed by atoms with Gasteiger partial charge in [-0.15, -0.1) is 0 Å². The Morgan fingerprint density at radius 2 is 0.662 bits per heavy atom. The Hall–Kier alpha value is -3.18. The molecule has 0 aromatic heterocycles. The second-order valence-corrected chi connectivity index (χ2v) is 19.0. The van der Waals surface area contributed by atoms with Gasteiger partial charge in [0.25, 0.3) is 0 Å². The topological polar surface area (TPSA) is 72.8 Å². The van der Waals surface area contributed by atoms with Crippen LogP contribution in [-0.4, -0.2) is 36.4 Å². The molecule has 5 heteroatoms. The number of carbonyl (C=O) groups is 2. The van der Waals surface area contributed by atoms with Gasteiger partial charge in [0.05, 0.1) is 6.61 Å². The molecule has 0 saturated carbocycles. The highest BCUT2D eigenvalue weighted by Crippen LogP contribution is 2.16. The number of carbonyl (C=O) groups excluding carboxylic acids is 2. The lowest BCUT2D eigenvalue weighted by molar-refractivity contribution is -0.161. The third-order valence-corrected chi connectivity index (χ3v) is 12.4. The lowest BCUT2D eigenvalue weighted by Crippen LogP contribution is -2.28. The molecule has 1 N–H and O–H groups in total. The summed E-state index contributed by atoms with van der Waals surface area (Å²) in [5, 5.41) is 9.62. The minimum atomic E-state index is -0.817. The number of hydrogen-bond donors (Lipinski definition) is 1. The van der Waals surface area contributed by atoms with Crippen molar-refractivity contribution in [2.75, 3.05) is 13.2 Å². The van der Waals surface area contributed by atoms with Gasteiger partial charge in [-0.2, -0.15) is 0 Å². The average molecular weight is 946 g/mol. The standard InChI is InChI=1S/C63H108O5/c1-3-5-7-9-11-13-15-17-19-21-23-24-25-26-27-28-29-30-31-32-33-34-35-36-37-38-40-41-43-45-47-49-51-53-55-57-62(65)67-60-61(59-64)68-63(66)58-56-54-52-50-48-46-44-42-39-22-20-18-16-14-12-10-8-6-4-2/h6,8,12,14-15,17-18,20-21,23,39,42,46,48,52,54,61,64H,3-5,7,9-11,13,16,19,22,24-38,40-41,43-45,47,49-51,53,55-60H2,1-2H3/b8-6-,14-12-,17-15-,20-18-,23-21-,42-39-,48-46-,54-52-. The van der Waals surface area contributed by atoms with E-state index in [2.05, 4.69) is 98.9 Å². The lowest BCUT2D eigenvalue weighted by atomic mass is 10.0. The fraction of sp³-hybridized carbons (Fsp3) is 0.714. The van der Waals surface area contributed by atoms with E-state index in [0.717, 1.165) is 64.2 Å². The van der Waals surface area contributed by atoms with E-state index in [-0.39, 0.29) is 25.6 Å². The smallest absolute Gasteiger partial charge is 0.306 e. The van der Waals surface area contributed by atoms with Gasteiger partial charge >= 0.3 is 11.9 Å². The molecule has 0 radical (unpaired) electrons. The van der Waals surface area contributed by atoms with Crippen molar-refractivity contribution in [1.82, 2.24) is 0 Å². The molecule has 390 valence electrons. The first-order valence-electron chi connectivity index (χ1n) is 28.8. The van der Waals surface area contributed by atoms with Gasteiger partial charge in [0.1, 0.15) is 6.61 Å². The largest absolute Gasteiger partial charge is 0.462 e. The van der Waals surface area contributed by atoms with Crippen LogP contribution in [-0.2, 0) is 19.1 Å². The van der Waals surface area contributed by atoms with Crippen LogP contribution in [0.2, 0.25) is 0 Å². The summed E-state index contributed by atoms with van der Waals surface area (Å²) in [7, 11) is 0. The number of allylic oxidation sites excluding steroid dienone is 16. The summed E-state index contributed by atoms with van der Waals surface area (Å²) in [6, 6.07) is 0. The van der Waals surface area contributed by atoms with Gasteiger partial charge in [0.2, 0.25) is 0 Å². The molecule has 0 bridgehead atoms. The Labute approximate surface area is 421 Å². The minimum absolute atomic E-state index is 0.0987. The van der Waals surface area contributed by atoms with Gasteiger partial charge in [0, 0.05) is 12.8 Å². The molecule has 0 aromatic rings. The third-order valence-electron chi connectivity index (χ3n) is 12.4. The Morgan fingerprint density at radius 3 is 1.01 bits per heavy atom. The highest BCUT2D eigenvalue weighted by atomic mass is 16.6. The maximum Gasteiger partial charge on any atom is 0.306 e. The molecule has 0 amide bonds. The lowest BCUT2D eigenvalue weighted by Gasteiger charge is -2.15. The van der Waals surface area contributed by atoms with Crippen molar-refractivity contribution in [1.29, 1.82) is 0 Å². The zero-order valence-electron chi connectivity index (χ0n) is 44.6. The second-order valence-electron chi connectivity index (χ2n) is 19.0. The third kappa shape index (κ3) is 55.4. The molecule has 68 heavy (non-hydrogen) atoms. The van der Waals surface area contributed by atoms with Crippen LogP contribution >= 0.6 is 0 Å². The van der Waals surface area contributed by atoms with E-state index in [1.54, 1.807) is 0 Å². The molecule has 1 unspecified atom stereocenters. The molecule has 0 heterocycles. The Morgan fingerprint density at radius 1 is 0.353 bits per heavy atom. The van der Waals surface area contributed by atoms with E-state index in [9.17, 15) is 14.7 Å². The molecule has 0 fully saturated rings. The monoisotopic (exact) mass is 945 g/mol. The van der Waals surface area contributed by atoms with Crippen LogP contribution in [0, 0.1) is 0 Å². The summed E-state index contributed by atoms with van der Waals surface area (Å²) in [4.78, 5) is 24.4. The fourth-order valence-electron chi connectivity index (χ4n) is 8.08. The van der Waals surface area contributed by atoms with Gasteiger partial charge in [-0.25, -0.2) is 0 Å². The van der Waals surface area contributed by atoms with Gasteiger partial charge in [0.15, 0.2) is 6.10 Å². The number of esters is 2. The van der Waals surface area contributed by atoms with Crippen LogP contribution in [0.15, 0.2) is 97.2 Å². The molecule has 0 saturated heterocycles. The molecule has 5 nitrogen and oxygen atoms in total. The molecular formula is C63H108O5. The van der Waals surface area contributed by atoms with Crippen molar-refractivity contribution in [3.05, 3.63) is 97.2 Å². The molecule has 0 aliphatic rings. The summed E-state index contributed by atoms with van der Waals surface area (Å²) >= 11 is 0. The van der Waals surface area contributed by atoms with E-state index in [0.29, 0.717) is 12.8 Å². The van der Waals surface area contributed by atoms with Crippen molar-refractivity contribution in [3.63, 3.8) is 0 Å². The molecule has 0 rings (SSSR count). The predicted octanol–water partition coefficient (Wildman–Crippen LogP) is 19.5. The number of hydrogen-bond acceptors (Lipinski definition) is 5. The Balaban J connectivity index is 3.49. The van der Waals surface area contributed by atoms with E-state index in [1.165, 1.54) is 173 Å². The first-order valence-corrected chi connectivity index (χ1v) is 28.8. The number of ether oxygens (including phenoxy) is 2. The highest BCUT2D eigenvalue weighted by Gasteiger charge is 2.15. The van der Waals surface area contributed by atoms with Crippen LogP contribution in [0.1, 0.15) is 271 Å². The predicted molar refractivity (Wildman–Crippen MR) is 297 cm³/mol. The molecule has 0 aliphatic heterocycles. The van der Waals surface area contributed by atoms with Crippen LogP contribution in [0.5, 0.6) is 0 Å².